The molecule has 0 radical (unpaired) electrons. The van der Waals surface area contributed by atoms with Gasteiger partial charge in [-0.2, -0.15) is 0 Å². The number of benzene rings is 1. The fraction of sp³-hybridized carbons (Fsp3) is 0.650. The van der Waals surface area contributed by atoms with E-state index < -0.39 is 0 Å². The maximum absolute atomic E-state index is 6.01. The van der Waals surface area contributed by atoms with Crippen molar-refractivity contribution in [3.05, 3.63) is 35.4 Å². The smallest absolute Gasteiger partial charge is 0.191 e. The summed E-state index contributed by atoms with van der Waals surface area (Å²) in [6, 6.07) is 8.92. The fourth-order valence-corrected chi connectivity index (χ4v) is 2.65. The van der Waals surface area contributed by atoms with Gasteiger partial charge in [-0.15, -0.1) is 24.0 Å². The molecule has 1 aliphatic heterocycles. The van der Waals surface area contributed by atoms with Crippen LogP contribution in [0.15, 0.2) is 29.3 Å². The zero-order chi connectivity index (χ0) is 18.1. The Labute approximate surface area is 175 Å². The molecule has 1 unspecified atom stereocenters. The van der Waals surface area contributed by atoms with E-state index in [1.54, 1.807) is 7.05 Å². The molecule has 1 saturated heterocycles. The van der Waals surface area contributed by atoms with Crippen molar-refractivity contribution in [3.63, 3.8) is 0 Å². The van der Waals surface area contributed by atoms with Crippen LogP contribution in [0.1, 0.15) is 44.7 Å². The molecule has 1 heterocycles. The maximum Gasteiger partial charge on any atom is 0.191 e. The molecular formula is C20H34IN3O2. The van der Waals surface area contributed by atoms with E-state index in [9.17, 15) is 0 Å². The average Bonchev–Trinajstić information content (AvgIpc) is 2.64. The number of aliphatic imine (C=N–C) groups is 1. The number of nitrogens with one attached hydrogen (secondary N) is 2. The van der Waals surface area contributed by atoms with Gasteiger partial charge in [-0.05, 0) is 36.8 Å². The molecule has 26 heavy (non-hydrogen) atoms. The molecule has 1 atom stereocenters. The molecule has 0 spiro atoms. The Morgan fingerprint density at radius 2 is 1.92 bits per heavy atom. The molecule has 0 bridgehead atoms. The molecule has 6 heteroatoms. The standard InChI is InChI=1S/C20H33N3O2.HI/c1-15(2)16(3)23-20(21-4)22-13-17-6-5-7-18(12-17)14-25-19-8-10-24-11-9-19;/h5-7,12,15-16,19H,8-11,13-14H2,1-4H3,(H2,21,22,23);1H. The summed E-state index contributed by atoms with van der Waals surface area (Å²) in [6.45, 7) is 9.61. The van der Waals surface area contributed by atoms with Crippen molar-refractivity contribution < 1.29 is 9.47 Å². The summed E-state index contributed by atoms with van der Waals surface area (Å²) in [5, 5.41) is 6.81. The third-order valence-electron chi connectivity index (χ3n) is 4.69. The van der Waals surface area contributed by atoms with E-state index in [4.69, 9.17) is 9.47 Å². The molecule has 2 rings (SSSR count). The summed E-state index contributed by atoms with van der Waals surface area (Å²) in [6.07, 6.45) is 2.32. The lowest BCUT2D eigenvalue weighted by Gasteiger charge is -2.22. The molecular weight excluding hydrogens is 441 g/mol. The van der Waals surface area contributed by atoms with Crippen LogP contribution in [0, 0.1) is 5.92 Å². The van der Waals surface area contributed by atoms with Crippen molar-refractivity contribution in [3.8, 4) is 0 Å². The lowest BCUT2D eigenvalue weighted by molar-refractivity contribution is -0.0390. The van der Waals surface area contributed by atoms with Crippen molar-refractivity contribution in [2.24, 2.45) is 10.9 Å². The van der Waals surface area contributed by atoms with Crippen LogP contribution < -0.4 is 10.6 Å². The summed E-state index contributed by atoms with van der Waals surface area (Å²) >= 11 is 0. The van der Waals surface area contributed by atoms with Crippen molar-refractivity contribution >= 4 is 29.9 Å². The van der Waals surface area contributed by atoms with Crippen LogP contribution >= 0.6 is 24.0 Å². The van der Waals surface area contributed by atoms with Crippen LogP contribution in [-0.2, 0) is 22.6 Å². The lowest BCUT2D eigenvalue weighted by atomic mass is 10.1. The summed E-state index contributed by atoms with van der Waals surface area (Å²) in [5.74, 6) is 1.40. The number of nitrogens with zero attached hydrogens (tertiary/aromatic N) is 1. The molecule has 0 aliphatic carbocycles. The molecule has 0 amide bonds. The number of guanidine groups is 1. The minimum atomic E-state index is 0. The summed E-state index contributed by atoms with van der Waals surface area (Å²) in [4.78, 5) is 4.30. The number of halogens is 1. The highest BCUT2D eigenvalue weighted by Crippen LogP contribution is 2.14. The topological polar surface area (TPSA) is 54.9 Å². The Hall–Kier alpha value is -0.860. The molecule has 0 saturated carbocycles. The normalized spacial score (nSPS) is 16.9. The van der Waals surface area contributed by atoms with Gasteiger partial charge in [0.2, 0.25) is 0 Å². The first-order chi connectivity index (χ1) is 12.1. The van der Waals surface area contributed by atoms with Gasteiger partial charge in [0.25, 0.3) is 0 Å². The number of hydrogen-bond donors (Lipinski definition) is 2. The van der Waals surface area contributed by atoms with Crippen molar-refractivity contribution in [1.82, 2.24) is 10.6 Å². The summed E-state index contributed by atoms with van der Waals surface area (Å²) in [7, 11) is 1.81. The molecule has 1 aliphatic rings. The second kappa shape index (κ2) is 12.5. The number of hydrogen-bond acceptors (Lipinski definition) is 3. The van der Waals surface area contributed by atoms with Crippen LogP contribution in [0.25, 0.3) is 0 Å². The van der Waals surface area contributed by atoms with Gasteiger partial charge in [0.1, 0.15) is 0 Å². The Bertz CT molecular complexity index is 546. The fourth-order valence-electron chi connectivity index (χ4n) is 2.65. The van der Waals surface area contributed by atoms with Crippen LogP contribution in [0.2, 0.25) is 0 Å². The number of ether oxygens (including phenoxy) is 2. The Kier molecular flexibility index (Phi) is 11.2. The predicted octanol–water partition coefficient (Wildman–Crippen LogP) is 3.71. The zero-order valence-electron chi connectivity index (χ0n) is 16.5. The second-order valence-corrected chi connectivity index (χ2v) is 7.05. The van der Waals surface area contributed by atoms with Crippen molar-refractivity contribution in [2.45, 2.75) is 58.9 Å². The Morgan fingerprint density at radius 1 is 1.23 bits per heavy atom. The van der Waals surface area contributed by atoms with Gasteiger partial charge in [-0.25, -0.2) is 0 Å². The third kappa shape index (κ3) is 8.22. The number of rotatable bonds is 7. The highest BCUT2D eigenvalue weighted by Gasteiger charge is 2.14. The van der Waals surface area contributed by atoms with Crippen LogP contribution in [0.4, 0.5) is 0 Å². The highest BCUT2D eigenvalue weighted by atomic mass is 127. The largest absolute Gasteiger partial charge is 0.381 e. The summed E-state index contributed by atoms with van der Waals surface area (Å²) in [5.41, 5.74) is 2.44. The van der Waals surface area contributed by atoms with E-state index in [1.807, 2.05) is 0 Å². The van der Waals surface area contributed by atoms with Gasteiger partial charge in [-0.1, -0.05) is 38.1 Å². The van der Waals surface area contributed by atoms with E-state index in [2.05, 4.69) is 60.7 Å². The first-order valence-electron chi connectivity index (χ1n) is 9.33. The quantitative estimate of drug-likeness (QED) is 0.359. The Morgan fingerprint density at radius 3 is 2.58 bits per heavy atom. The molecule has 148 valence electrons. The minimum Gasteiger partial charge on any atom is -0.381 e. The van der Waals surface area contributed by atoms with E-state index >= 15 is 0 Å². The van der Waals surface area contributed by atoms with Crippen LogP contribution in [-0.4, -0.2) is 38.4 Å². The van der Waals surface area contributed by atoms with E-state index in [0.717, 1.165) is 38.6 Å². The van der Waals surface area contributed by atoms with Gasteiger partial charge >= 0.3 is 0 Å². The van der Waals surface area contributed by atoms with Gasteiger partial charge in [-0.3, -0.25) is 4.99 Å². The first kappa shape index (κ1) is 23.2. The molecule has 2 N–H and O–H groups in total. The van der Waals surface area contributed by atoms with E-state index in [0.29, 0.717) is 24.7 Å². The van der Waals surface area contributed by atoms with Crippen molar-refractivity contribution in [1.29, 1.82) is 0 Å². The monoisotopic (exact) mass is 475 g/mol. The van der Waals surface area contributed by atoms with Gasteiger partial charge < -0.3 is 20.1 Å². The molecule has 1 aromatic carbocycles. The van der Waals surface area contributed by atoms with Crippen LogP contribution in [0.5, 0.6) is 0 Å². The van der Waals surface area contributed by atoms with Gasteiger partial charge in [0.15, 0.2) is 5.96 Å². The second-order valence-electron chi connectivity index (χ2n) is 7.05. The predicted molar refractivity (Wildman–Crippen MR) is 118 cm³/mol. The summed E-state index contributed by atoms with van der Waals surface area (Å²) < 4.78 is 11.4. The SMILES string of the molecule is CN=C(NCc1cccc(COC2CCOCC2)c1)NC(C)C(C)C.I. The van der Waals surface area contributed by atoms with Crippen LogP contribution in [0.3, 0.4) is 0 Å². The highest BCUT2D eigenvalue weighted by molar-refractivity contribution is 14.0. The molecule has 1 fully saturated rings. The minimum absolute atomic E-state index is 0. The average molecular weight is 475 g/mol. The Balaban J connectivity index is 0.00000338. The van der Waals surface area contributed by atoms with Gasteiger partial charge in [0.05, 0.1) is 12.7 Å². The van der Waals surface area contributed by atoms with E-state index in [1.165, 1.54) is 11.1 Å². The molecule has 5 nitrogen and oxygen atoms in total. The molecule has 0 aromatic heterocycles. The van der Waals surface area contributed by atoms with Crippen molar-refractivity contribution in [2.75, 3.05) is 20.3 Å². The lowest BCUT2D eigenvalue weighted by Crippen LogP contribution is -2.43. The maximum atomic E-state index is 6.01. The zero-order valence-corrected chi connectivity index (χ0v) is 18.8. The third-order valence-corrected chi connectivity index (χ3v) is 4.69. The van der Waals surface area contributed by atoms with Gasteiger partial charge in [0, 0.05) is 32.8 Å². The molecule has 1 aromatic rings. The van der Waals surface area contributed by atoms with E-state index in [-0.39, 0.29) is 24.0 Å². The first-order valence-corrected chi connectivity index (χ1v) is 9.33.